The van der Waals surface area contributed by atoms with Crippen molar-refractivity contribution in [1.82, 2.24) is 4.90 Å². The Balaban J connectivity index is 1.96. The van der Waals surface area contributed by atoms with Crippen LogP contribution in [0.15, 0.2) is 78.2 Å². The first kappa shape index (κ1) is 18.4. The Bertz CT molecular complexity index is 967. The molecule has 0 spiro atoms. The highest BCUT2D eigenvalue weighted by Crippen LogP contribution is 2.46. The highest BCUT2D eigenvalue weighted by Gasteiger charge is 2.38. The molecule has 3 heteroatoms. The summed E-state index contributed by atoms with van der Waals surface area (Å²) >= 11 is 1.82. The second-order valence-electron chi connectivity index (χ2n) is 7.07. The van der Waals surface area contributed by atoms with Gasteiger partial charge >= 0.3 is 0 Å². The van der Waals surface area contributed by atoms with E-state index in [1.807, 2.05) is 17.4 Å². The summed E-state index contributed by atoms with van der Waals surface area (Å²) in [6.45, 7) is 10.6. The number of para-hydroxylation sites is 1. The molecule has 1 aliphatic rings. The molecule has 2 nitrogen and oxygen atoms in total. The van der Waals surface area contributed by atoms with Gasteiger partial charge < -0.3 is 4.90 Å². The van der Waals surface area contributed by atoms with E-state index in [4.69, 9.17) is 0 Å². The largest absolute Gasteiger partial charge is 0.347 e. The zero-order valence-corrected chi connectivity index (χ0v) is 17.1. The Morgan fingerprint density at radius 1 is 1.19 bits per heavy atom. The third kappa shape index (κ3) is 2.97. The van der Waals surface area contributed by atoms with Crippen molar-refractivity contribution < 1.29 is 4.57 Å². The number of hydrogen-bond acceptors (Lipinski definition) is 2. The average Bonchev–Trinajstić information content (AvgIpc) is 3.02. The van der Waals surface area contributed by atoms with E-state index in [1.165, 1.54) is 32.2 Å². The summed E-state index contributed by atoms with van der Waals surface area (Å²) in [5.74, 6) is 0. The molecule has 134 valence electrons. The van der Waals surface area contributed by atoms with Crippen LogP contribution in [0.25, 0.3) is 16.3 Å². The Labute approximate surface area is 160 Å². The topological polar surface area (TPSA) is 7.12 Å². The van der Waals surface area contributed by atoms with E-state index in [-0.39, 0.29) is 5.41 Å². The maximum Gasteiger partial charge on any atom is 0.262 e. The monoisotopic (exact) mass is 363 g/mol. The molecule has 1 aromatic carbocycles. The molecular formula is C23H27N2S+. The fourth-order valence-electron chi connectivity index (χ4n) is 3.70. The molecule has 0 fully saturated rings. The van der Waals surface area contributed by atoms with Crippen LogP contribution in [0.3, 0.4) is 0 Å². The van der Waals surface area contributed by atoms with Crippen molar-refractivity contribution >= 4 is 27.6 Å². The minimum absolute atomic E-state index is 0.0442. The summed E-state index contributed by atoms with van der Waals surface area (Å²) < 4.78 is 3.56. The van der Waals surface area contributed by atoms with Gasteiger partial charge in [-0.05, 0) is 30.7 Å². The molecule has 0 saturated heterocycles. The molecule has 0 amide bonds. The van der Waals surface area contributed by atoms with Crippen LogP contribution in [0.2, 0.25) is 0 Å². The van der Waals surface area contributed by atoms with Crippen molar-refractivity contribution in [2.45, 2.75) is 20.8 Å². The maximum absolute atomic E-state index is 4.01. The van der Waals surface area contributed by atoms with Crippen molar-refractivity contribution in [3.8, 4) is 0 Å². The number of likely N-dealkylation sites (N-methyl/N-ethyl adjacent to an activating group) is 1. The molecule has 0 saturated carbocycles. The van der Waals surface area contributed by atoms with Crippen molar-refractivity contribution in [2.24, 2.45) is 12.5 Å². The summed E-state index contributed by atoms with van der Waals surface area (Å²) in [5.41, 5.74) is 5.00. The molecule has 0 bridgehead atoms. The van der Waals surface area contributed by atoms with Gasteiger partial charge in [0.05, 0.1) is 0 Å². The number of fused-ring (bicyclic) bond motifs is 1. The first-order chi connectivity index (χ1) is 12.4. The molecular weight excluding hydrogens is 336 g/mol. The van der Waals surface area contributed by atoms with E-state index in [1.54, 1.807) is 0 Å². The Kier molecular flexibility index (Phi) is 5.01. The number of rotatable bonds is 4. The smallest absolute Gasteiger partial charge is 0.262 e. The van der Waals surface area contributed by atoms with Crippen molar-refractivity contribution in [1.29, 1.82) is 0 Å². The molecule has 0 N–H and O–H groups in total. The van der Waals surface area contributed by atoms with E-state index in [9.17, 15) is 0 Å². The van der Waals surface area contributed by atoms with Crippen LogP contribution in [0.4, 0.5) is 0 Å². The van der Waals surface area contributed by atoms with Crippen LogP contribution >= 0.6 is 11.3 Å². The second-order valence-corrected chi connectivity index (χ2v) is 8.13. The molecule has 2 aromatic rings. The van der Waals surface area contributed by atoms with E-state index >= 15 is 0 Å². The average molecular weight is 364 g/mol. The van der Waals surface area contributed by atoms with Gasteiger partial charge in [0.25, 0.3) is 5.01 Å². The molecule has 3 rings (SSSR count). The van der Waals surface area contributed by atoms with Gasteiger partial charge in [0.15, 0.2) is 0 Å². The van der Waals surface area contributed by atoms with Gasteiger partial charge in [-0.3, -0.25) is 0 Å². The SMILES string of the molecule is C=CC1=C(/C=C\C)C(C)(C)/C(=C/C=C/c2sc3ccccc3[n+]2C)N1C. The Hall–Kier alpha value is -2.39. The number of hydrogen-bond donors (Lipinski definition) is 0. The lowest BCUT2D eigenvalue weighted by atomic mass is 9.82. The van der Waals surface area contributed by atoms with Gasteiger partial charge in [0, 0.05) is 36.0 Å². The van der Waals surface area contributed by atoms with Crippen LogP contribution in [-0.4, -0.2) is 11.9 Å². The second kappa shape index (κ2) is 7.08. The Morgan fingerprint density at radius 3 is 2.58 bits per heavy atom. The van der Waals surface area contributed by atoms with Crippen LogP contribution in [0.1, 0.15) is 25.8 Å². The quantitative estimate of drug-likeness (QED) is 0.640. The van der Waals surface area contributed by atoms with Gasteiger partial charge in [0.2, 0.25) is 5.52 Å². The molecule has 2 heterocycles. The van der Waals surface area contributed by atoms with Gasteiger partial charge in [0.1, 0.15) is 11.7 Å². The van der Waals surface area contributed by atoms with E-state index in [2.05, 4.69) is 106 Å². The van der Waals surface area contributed by atoms with Crippen LogP contribution in [0.5, 0.6) is 0 Å². The summed E-state index contributed by atoms with van der Waals surface area (Å²) in [4.78, 5) is 2.25. The zero-order valence-electron chi connectivity index (χ0n) is 16.3. The highest BCUT2D eigenvalue weighted by atomic mass is 32.1. The van der Waals surface area contributed by atoms with Crippen LogP contribution in [0, 0.1) is 5.41 Å². The predicted octanol–water partition coefficient (Wildman–Crippen LogP) is 5.61. The first-order valence-electron chi connectivity index (χ1n) is 8.91. The van der Waals surface area contributed by atoms with Crippen molar-refractivity contribution in [3.63, 3.8) is 0 Å². The lowest BCUT2D eigenvalue weighted by Crippen LogP contribution is -2.28. The fraction of sp³-hybridized carbons (Fsp3) is 0.261. The molecule has 0 radical (unpaired) electrons. The first-order valence-corrected chi connectivity index (χ1v) is 9.73. The number of nitrogens with zero attached hydrogens (tertiary/aromatic N) is 2. The number of benzene rings is 1. The number of allylic oxidation sites excluding steroid dienone is 6. The molecule has 26 heavy (non-hydrogen) atoms. The van der Waals surface area contributed by atoms with Gasteiger partial charge in [-0.1, -0.05) is 62.1 Å². The summed E-state index contributed by atoms with van der Waals surface area (Å²) in [6.07, 6.45) is 12.8. The van der Waals surface area contributed by atoms with Gasteiger partial charge in [-0.15, -0.1) is 0 Å². The number of aryl methyl sites for hydroxylation is 1. The minimum Gasteiger partial charge on any atom is -0.347 e. The standard InChI is InChI=1S/C23H27N2S/c1-7-12-17-18(8-2)24(5)21(23(17,3)4)15-11-16-22-25(6)19-13-9-10-14-20(19)26-22/h7-16H,2H2,1,3-6H3/q+1/b12-7-. The third-order valence-corrected chi connectivity index (χ3v) is 6.29. The van der Waals surface area contributed by atoms with E-state index < -0.39 is 0 Å². The number of thiazole rings is 1. The molecule has 0 unspecified atom stereocenters. The minimum atomic E-state index is -0.0442. The van der Waals surface area contributed by atoms with E-state index in [0.717, 1.165) is 0 Å². The normalized spacial score (nSPS) is 19.0. The summed E-state index contributed by atoms with van der Waals surface area (Å²) in [5, 5.41) is 1.24. The molecule has 1 aromatic heterocycles. The lowest BCUT2D eigenvalue weighted by Gasteiger charge is -2.25. The van der Waals surface area contributed by atoms with Gasteiger partial charge in [-0.2, -0.15) is 4.57 Å². The van der Waals surface area contributed by atoms with Crippen molar-refractivity contribution in [3.05, 3.63) is 83.2 Å². The Morgan fingerprint density at radius 2 is 1.92 bits per heavy atom. The summed E-state index contributed by atoms with van der Waals surface area (Å²) in [7, 11) is 4.24. The van der Waals surface area contributed by atoms with Crippen LogP contribution in [-0.2, 0) is 7.05 Å². The van der Waals surface area contributed by atoms with Gasteiger partial charge in [-0.25, -0.2) is 0 Å². The predicted molar refractivity (Wildman–Crippen MR) is 114 cm³/mol. The zero-order chi connectivity index (χ0) is 18.9. The van der Waals surface area contributed by atoms with Crippen molar-refractivity contribution in [2.75, 3.05) is 7.05 Å². The van der Waals surface area contributed by atoms with Crippen LogP contribution < -0.4 is 4.57 Å². The van der Waals surface area contributed by atoms with E-state index in [0.29, 0.717) is 0 Å². The molecule has 1 aliphatic heterocycles. The lowest BCUT2D eigenvalue weighted by molar-refractivity contribution is -0.642. The molecule has 0 aliphatic carbocycles. The summed E-state index contributed by atoms with van der Waals surface area (Å²) in [6, 6.07) is 8.52. The maximum atomic E-state index is 4.01. The number of aromatic nitrogens is 1. The highest BCUT2D eigenvalue weighted by molar-refractivity contribution is 7.18. The fourth-order valence-corrected chi connectivity index (χ4v) is 4.77. The third-order valence-electron chi connectivity index (χ3n) is 5.10. The molecule has 0 atom stereocenters.